The van der Waals surface area contributed by atoms with E-state index in [9.17, 15) is 18.0 Å². The van der Waals surface area contributed by atoms with Crippen molar-refractivity contribution in [2.45, 2.75) is 17.9 Å². The smallest absolute Gasteiger partial charge is 0.245 e. The van der Waals surface area contributed by atoms with Crippen LogP contribution in [-0.4, -0.2) is 31.1 Å². The molecule has 10 heteroatoms. The maximum Gasteiger partial charge on any atom is 0.245 e. The van der Waals surface area contributed by atoms with Gasteiger partial charge >= 0.3 is 0 Å². The molecule has 0 saturated heterocycles. The normalized spacial score (nSPS) is 11.4. The van der Waals surface area contributed by atoms with E-state index in [0.717, 1.165) is 4.31 Å². The van der Waals surface area contributed by atoms with Crippen molar-refractivity contribution in [3.05, 3.63) is 94.0 Å². The van der Waals surface area contributed by atoms with Crippen molar-refractivity contribution in [1.82, 2.24) is 4.31 Å². The maximum absolute atomic E-state index is 13.4. The second kappa shape index (κ2) is 10.8. The fraction of sp³-hybridized carbons (Fsp3) is 0.130. The van der Waals surface area contributed by atoms with Gasteiger partial charge < -0.3 is 11.1 Å². The van der Waals surface area contributed by atoms with Crippen molar-refractivity contribution >= 4 is 50.7 Å². The third-order valence-electron chi connectivity index (χ3n) is 4.65. The van der Waals surface area contributed by atoms with Crippen molar-refractivity contribution in [3.63, 3.8) is 0 Å². The van der Waals surface area contributed by atoms with Gasteiger partial charge in [-0.1, -0.05) is 65.7 Å². The van der Waals surface area contributed by atoms with Crippen LogP contribution in [0.25, 0.3) is 0 Å². The largest absolute Gasteiger partial charge is 0.369 e. The predicted octanol–water partition coefficient (Wildman–Crippen LogP) is 3.85. The minimum absolute atomic E-state index is 0.00269. The van der Waals surface area contributed by atoms with E-state index in [1.165, 1.54) is 18.2 Å². The lowest BCUT2D eigenvalue weighted by molar-refractivity contribution is -0.117. The first kappa shape index (κ1) is 24.7. The molecule has 0 atom stereocenters. The van der Waals surface area contributed by atoms with E-state index in [-0.39, 0.29) is 27.9 Å². The highest BCUT2D eigenvalue weighted by molar-refractivity contribution is 7.89. The Hall–Kier alpha value is -2.91. The molecule has 3 aromatic rings. The molecule has 33 heavy (non-hydrogen) atoms. The standard InChI is InChI=1S/C23H21Cl2N3O4S/c24-18-8-11-20(25)21(13-18)33(31,32)28(14-17-4-2-1-3-5-17)15-23(30)27-19-9-6-16(7-10-19)12-22(26)29/h1-11,13H,12,14-15H2,(H2,26,29)(H,27,30). The molecule has 0 radical (unpaired) electrons. The monoisotopic (exact) mass is 505 g/mol. The van der Waals surface area contributed by atoms with E-state index in [2.05, 4.69) is 5.32 Å². The van der Waals surface area contributed by atoms with E-state index in [4.69, 9.17) is 28.9 Å². The van der Waals surface area contributed by atoms with Crippen molar-refractivity contribution in [3.8, 4) is 0 Å². The summed E-state index contributed by atoms with van der Waals surface area (Å²) in [5.74, 6) is -1.01. The molecule has 3 rings (SSSR count). The van der Waals surface area contributed by atoms with Gasteiger partial charge in [0, 0.05) is 17.3 Å². The van der Waals surface area contributed by atoms with E-state index >= 15 is 0 Å². The number of benzene rings is 3. The topological polar surface area (TPSA) is 110 Å². The van der Waals surface area contributed by atoms with Gasteiger partial charge in [-0.3, -0.25) is 9.59 Å². The van der Waals surface area contributed by atoms with Gasteiger partial charge in [-0.2, -0.15) is 4.31 Å². The predicted molar refractivity (Wildman–Crippen MR) is 128 cm³/mol. The molecule has 0 spiro atoms. The summed E-state index contributed by atoms with van der Waals surface area (Å²) in [6, 6.07) is 19.6. The van der Waals surface area contributed by atoms with Crippen LogP contribution in [0.5, 0.6) is 0 Å². The molecule has 0 heterocycles. The Balaban J connectivity index is 1.84. The van der Waals surface area contributed by atoms with Gasteiger partial charge in [0.1, 0.15) is 4.90 Å². The molecule has 0 bridgehead atoms. The summed E-state index contributed by atoms with van der Waals surface area (Å²) in [6.07, 6.45) is 0.0811. The number of anilines is 1. The lowest BCUT2D eigenvalue weighted by atomic mass is 10.1. The Morgan fingerprint density at radius 1 is 0.909 bits per heavy atom. The van der Waals surface area contributed by atoms with Crippen LogP contribution in [0.4, 0.5) is 5.69 Å². The first-order valence-corrected chi connectivity index (χ1v) is 12.0. The van der Waals surface area contributed by atoms with E-state index < -0.39 is 28.4 Å². The zero-order valence-electron chi connectivity index (χ0n) is 17.4. The van der Waals surface area contributed by atoms with Crippen LogP contribution in [0.3, 0.4) is 0 Å². The van der Waals surface area contributed by atoms with Crippen molar-refractivity contribution in [2.24, 2.45) is 5.73 Å². The zero-order valence-corrected chi connectivity index (χ0v) is 19.7. The average Bonchev–Trinajstić information content (AvgIpc) is 2.76. The molecule has 0 saturated carbocycles. The molecule has 0 unspecified atom stereocenters. The number of primary amides is 1. The van der Waals surface area contributed by atoms with Gasteiger partial charge in [0.25, 0.3) is 0 Å². The highest BCUT2D eigenvalue weighted by Gasteiger charge is 2.29. The minimum atomic E-state index is -4.16. The minimum Gasteiger partial charge on any atom is -0.369 e. The Morgan fingerprint density at radius 3 is 2.21 bits per heavy atom. The average molecular weight is 506 g/mol. The first-order chi connectivity index (χ1) is 15.6. The third kappa shape index (κ3) is 6.79. The Bertz CT molecular complexity index is 1250. The zero-order chi connectivity index (χ0) is 24.0. The molecule has 2 amide bonds. The number of amides is 2. The molecule has 3 N–H and O–H groups in total. The lowest BCUT2D eigenvalue weighted by Gasteiger charge is -2.22. The number of rotatable bonds is 9. The van der Waals surface area contributed by atoms with E-state index in [1.807, 2.05) is 6.07 Å². The Kier molecular flexibility index (Phi) is 8.10. The summed E-state index contributed by atoms with van der Waals surface area (Å²) >= 11 is 12.1. The fourth-order valence-corrected chi connectivity index (χ4v) is 5.22. The van der Waals surface area contributed by atoms with Gasteiger partial charge in [-0.15, -0.1) is 0 Å². The number of halogens is 2. The number of hydrogen-bond acceptors (Lipinski definition) is 4. The maximum atomic E-state index is 13.4. The Morgan fingerprint density at radius 2 is 1.58 bits per heavy atom. The van der Waals surface area contributed by atoms with E-state index in [0.29, 0.717) is 16.8 Å². The first-order valence-electron chi connectivity index (χ1n) is 9.81. The number of carbonyl (C=O) groups excluding carboxylic acids is 2. The SMILES string of the molecule is NC(=O)Cc1ccc(NC(=O)CN(Cc2ccccc2)S(=O)(=O)c2cc(Cl)ccc2Cl)cc1. The highest BCUT2D eigenvalue weighted by atomic mass is 35.5. The van der Waals surface area contributed by atoms with Gasteiger partial charge in [0.05, 0.1) is 18.0 Å². The van der Waals surface area contributed by atoms with Crippen molar-refractivity contribution < 1.29 is 18.0 Å². The number of nitrogens with zero attached hydrogens (tertiary/aromatic N) is 1. The van der Waals surface area contributed by atoms with Crippen molar-refractivity contribution in [2.75, 3.05) is 11.9 Å². The Labute approximate surface area is 202 Å². The third-order valence-corrected chi connectivity index (χ3v) is 7.16. The van der Waals surface area contributed by atoms with Crippen LogP contribution in [-0.2, 0) is 32.6 Å². The van der Waals surface area contributed by atoms with Crippen LogP contribution in [0.2, 0.25) is 10.0 Å². The number of nitrogens with two attached hydrogens (primary N) is 1. The summed E-state index contributed by atoms with van der Waals surface area (Å²) in [6.45, 7) is -0.500. The molecule has 0 aliphatic carbocycles. The molecule has 0 aromatic heterocycles. The van der Waals surface area contributed by atoms with Gasteiger partial charge in [0.15, 0.2) is 0 Å². The number of hydrogen-bond donors (Lipinski definition) is 2. The number of nitrogens with one attached hydrogen (secondary N) is 1. The molecule has 3 aromatic carbocycles. The van der Waals surface area contributed by atoms with Crippen molar-refractivity contribution in [1.29, 1.82) is 0 Å². The summed E-state index contributed by atoms with van der Waals surface area (Å²) in [5, 5.41) is 2.88. The number of sulfonamides is 1. The quantitative estimate of drug-likeness (QED) is 0.460. The van der Waals surface area contributed by atoms with Crippen LogP contribution in [0, 0.1) is 0 Å². The van der Waals surface area contributed by atoms with Gasteiger partial charge in [-0.05, 0) is 41.5 Å². The van der Waals surface area contributed by atoms with Crippen LogP contribution < -0.4 is 11.1 Å². The molecule has 0 aliphatic rings. The fourth-order valence-electron chi connectivity index (χ4n) is 3.09. The van der Waals surface area contributed by atoms with Crippen LogP contribution in [0.15, 0.2) is 77.7 Å². The van der Waals surface area contributed by atoms with Crippen LogP contribution >= 0.6 is 23.2 Å². The highest BCUT2D eigenvalue weighted by Crippen LogP contribution is 2.28. The van der Waals surface area contributed by atoms with Gasteiger partial charge in [0.2, 0.25) is 21.8 Å². The summed E-state index contributed by atoms with van der Waals surface area (Å²) in [7, 11) is -4.16. The second-order valence-corrected chi connectivity index (χ2v) is 9.97. The summed E-state index contributed by atoms with van der Waals surface area (Å²) in [4.78, 5) is 23.6. The molecular formula is C23H21Cl2N3O4S. The second-order valence-electron chi connectivity index (χ2n) is 7.22. The van der Waals surface area contributed by atoms with E-state index in [1.54, 1.807) is 48.5 Å². The molecular weight excluding hydrogens is 485 g/mol. The molecule has 172 valence electrons. The molecule has 0 aliphatic heterocycles. The van der Waals surface area contributed by atoms with Gasteiger partial charge in [-0.25, -0.2) is 8.42 Å². The number of carbonyl (C=O) groups is 2. The molecule has 0 fully saturated rings. The lowest BCUT2D eigenvalue weighted by Crippen LogP contribution is -2.37. The van der Waals surface area contributed by atoms with Crippen LogP contribution in [0.1, 0.15) is 11.1 Å². The summed E-state index contributed by atoms with van der Waals surface area (Å²) in [5.41, 5.74) is 7.03. The molecule has 7 nitrogen and oxygen atoms in total. The summed E-state index contributed by atoms with van der Waals surface area (Å²) < 4.78 is 27.8.